The maximum Gasteiger partial charge on any atom is 0.325 e. The fourth-order valence-electron chi connectivity index (χ4n) is 2.78. The van der Waals surface area contributed by atoms with Crippen molar-refractivity contribution < 1.29 is 27.2 Å². The third-order valence-corrected chi connectivity index (χ3v) is 7.00. The molecule has 0 unspecified atom stereocenters. The lowest BCUT2D eigenvalue weighted by Gasteiger charge is -2.25. The lowest BCUT2D eigenvalue weighted by molar-refractivity contribution is -0.140. The van der Waals surface area contributed by atoms with E-state index in [4.69, 9.17) is 4.42 Å². The highest BCUT2D eigenvalue weighted by atomic mass is 32.2. The molecule has 1 aromatic heterocycles. The van der Waals surface area contributed by atoms with Crippen molar-refractivity contribution in [1.29, 1.82) is 0 Å². The predicted octanol–water partition coefficient (Wildman–Crippen LogP) is 1.38. The van der Waals surface area contributed by atoms with Gasteiger partial charge in [0.25, 0.3) is 5.22 Å². The molecule has 0 radical (unpaired) electrons. The van der Waals surface area contributed by atoms with Crippen LogP contribution in [0.3, 0.4) is 0 Å². The number of fused-ring (bicyclic) bond motifs is 1. The van der Waals surface area contributed by atoms with Gasteiger partial charge in [-0.15, -0.1) is 0 Å². The Hall–Kier alpha value is -2.11. The van der Waals surface area contributed by atoms with Crippen LogP contribution in [0.4, 0.5) is 0 Å². The molecule has 0 saturated carbocycles. The van der Waals surface area contributed by atoms with Crippen LogP contribution in [0.5, 0.6) is 0 Å². The highest BCUT2D eigenvalue weighted by Crippen LogP contribution is 2.27. The number of carbonyl (C=O) groups is 2. The third-order valence-electron chi connectivity index (χ3n) is 4.28. The van der Waals surface area contributed by atoms with E-state index in [9.17, 15) is 18.0 Å². The number of hydrogen-bond acceptors (Lipinski definition) is 8. The molecule has 0 bridgehead atoms. The van der Waals surface area contributed by atoms with Crippen molar-refractivity contribution in [3.63, 3.8) is 0 Å². The Bertz CT molecular complexity index is 966. The Balaban J connectivity index is 1.67. The molecule has 11 heteroatoms. The Morgan fingerprint density at radius 2 is 2.04 bits per heavy atom. The SMILES string of the molecule is COC(=O)CNC(=O)CSc1nc2cc(S(=O)(=O)N3CCCCC3)ccc2o1. The van der Waals surface area contributed by atoms with Crippen LogP contribution in [0.2, 0.25) is 0 Å². The van der Waals surface area contributed by atoms with E-state index < -0.39 is 16.0 Å². The zero-order valence-electron chi connectivity index (χ0n) is 15.3. The van der Waals surface area contributed by atoms with Crippen LogP contribution in [-0.2, 0) is 24.3 Å². The molecule has 0 spiro atoms. The van der Waals surface area contributed by atoms with Gasteiger partial charge in [-0.05, 0) is 31.0 Å². The van der Waals surface area contributed by atoms with Gasteiger partial charge < -0.3 is 14.5 Å². The van der Waals surface area contributed by atoms with Crippen LogP contribution in [-0.4, -0.2) is 62.1 Å². The van der Waals surface area contributed by atoms with E-state index >= 15 is 0 Å². The number of methoxy groups -OCH3 is 1. The maximum absolute atomic E-state index is 12.8. The Kier molecular flexibility index (Phi) is 6.57. The van der Waals surface area contributed by atoms with Crippen molar-refractivity contribution >= 4 is 44.8 Å². The van der Waals surface area contributed by atoms with E-state index in [1.807, 2.05) is 0 Å². The molecule has 2 aromatic rings. The molecular formula is C17H21N3O6S2. The molecule has 3 rings (SSSR count). The van der Waals surface area contributed by atoms with Crippen LogP contribution >= 0.6 is 11.8 Å². The van der Waals surface area contributed by atoms with Crippen molar-refractivity contribution in [1.82, 2.24) is 14.6 Å². The number of oxazole rings is 1. The number of amides is 1. The molecule has 9 nitrogen and oxygen atoms in total. The van der Waals surface area contributed by atoms with Gasteiger partial charge in [-0.25, -0.2) is 13.4 Å². The van der Waals surface area contributed by atoms with Crippen LogP contribution < -0.4 is 5.32 Å². The van der Waals surface area contributed by atoms with E-state index in [2.05, 4.69) is 15.0 Å². The average molecular weight is 428 g/mol. The number of hydrogen-bond donors (Lipinski definition) is 1. The van der Waals surface area contributed by atoms with E-state index in [1.165, 1.54) is 23.5 Å². The van der Waals surface area contributed by atoms with Crippen LogP contribution in [0.15, 0.2) is 32.7 Å². The standard InChI is InChI=1S/C17H21N3O6S2/c1-25-16(22)10-18-15(21)11-27-17-19-13-9-12(5-6-14(13)26-17)28(23,24)20-7-3-2-4-8-20/h5-6,9H,2-4,7-8,10-11H2,1H3,(H,18,21). The molecule has 152 valence electrons. The van der Waals surface area contributed by atoms with Crippen LogP contribution in [0.1, 0.15) is 19.3 Å². The number of aromatic nitrogens is 1. The summed E-state index contributed by atoms with van der Waals surface area (Å²) in [6, 6.07) is 4.57. The maximum atomic E-state index is 12.8. The number of sulfonamides is 1. The van der Waals surface area contributed by atoms with Gasteiger partial charge in [0.2, 0.25) is 15.9 Å². The fraction of sp³-hybridized carbons (Fsp3) is 0.471. The minimum Gasteiger partial charge on any atom is -0.468 e. The van der Waals surface area contributed by atoms with E-state index in [1.54, 1.807) is 6.07 Å². The summed E-state index contributed by atoms with van der Waals surface area (Å²) in [5, 5.41) is 2.66. The largest absolute Gasteiger partial charge is 0.468 e. The number of esters is 1. The lowest BCUT2D eigenvalue weighted by atomic mass is 10.2. The molecule has 0 aliphatic carbocycles. The van der Waals surface area contributed by atoms with Gasteiger partial charge in [0.05, 0.1) is 17.8 Å². The number of carbonyl (C=O) groups excluding carboxylic acids is 2. The molecule has 28 heavy (non-hydrogen) atoms. The molecule has 1 N–H and O–H groups in total. The smallest absolute Gasteiger partial charge is 0.325 e. The van der Waals surface area contributed by atoms with E-state index in [0.717, 1.165) is 31.0 Å². The van der Waals surface area contributed by atoms with Crippen molar-refractivity contribution in [3.05, 3.63) is 18.2 Å². The van der Waals surface area contributed by atoms with Crippen LogP contribution in [0.25, 0.3) is 11.1 Å². The molecule has 1 amide bonds. The Morgan fingerprint density at radius 3 is 2.75 bits per heavy atom. The highest BCUT2D eigenvalue weighted by molar-refractivity contribution is 7.99. The molecule has 1 aliphatic heterocycles. The molecule has 0 atom stereocenters. The van der Waals surface area contributed by atoms with E-state index in [-0.39, 0.29) is 28.3 Å². The van der Waals surface area contributed by atoms with E-state index in [0.29, 0.717) is 24.2 Å². The summed E-state index contributed by atoms with van der Waals surface area (Å²) in [7, 11) is -2.31. The number of rotatable bonds is 7. The van der Waals surface area contributed by atoms with Gasteiger partial charge in [-0.3, -0.25) is 9.59 Å². The first-order valence-corrected chi connectivity index (χ1v) is 11.2. The van der Waals surface area contributed by atoms with Gasteiger partial charge in [0, 0.05) is 13.1 Å². The molecule has 1 aromatic carbocycles. The summed E-state index contributed by atoms with van der Waals surface area (Å²) < 4.78 is 37.0. The zero-order chi connectivity index (χ0) is 20.1. The first-order chi connectivity index (χ1) is 13.4. The second-order valence-electron chi connectivity index (χ2n) is 6.22. The van der Waals surface area contributed by atoms with Gasteiger partial charge in [0.15, 0.2) is 5.58 Å². The van der Waals surface area contributed by atoms with Crippen molar-refractivity contribution in [2.24, 2.45) is 0 Å². The third kappa shape index (κ3) is 4.83. The Morgan fingerprint density at radius 1 is 1.29 bits per heavy atom. The second kappa shape index (κ2) is 8.93. The topological polar surface area (TPSA) is 119 Å². The Labute approximate surface area is 166 Å². The minimum atomic E-state index is -3.55. The number of thioether (sulfide) groups is 1. The lowest BCUT2D eigenvalue weighted by Crippen LogP contribution is -2.35. The number of piperidine rings is 1. The molecule has 2 heterocycles. The normalized spacial score (nSPS) is 15.5. The molecular weight excluding hydrogens is 406 g/mol. The monoisotopic (exact) mass is 427 g/mol. The number of ether oxygens (including phenoxy) is 1. The molecule has 1 fully saturated rings. The van der Waals surface area contributed by atoms with Crippen molar-refractivity contribution in [3.8, 4) is 0 Å². The van der Waals surface area contributed by atoms with Gasteiger partial charge in [0.1, 0.15) is 12.1 Å². The minimum absolute atomic E-state index is 0.00273. The van der Waals surface area contributed by atoms with Crippen LogP contribution in [0, 0.1) is 0 Å². The first kappa shape index (κ1) is 20.6. The summed E-state index contributed by atoms with van der Waals surface area (Å²) in [4.78, 5) is 27.2. The highest BCUT2D eigenvalue weighted by Gasteiger charge is 2.26. The van der Waals surface area contributed by atoms with Gasteiger partial charge in [-0.1, -0.05) is 18.2 Å². The quantitative estimate of drug-likeness (QED) is 0.520. The number of nitrogens with one attached hydrogen (secondary N) is 1. The summed E-state index contributed by atoms with van der Waals surface area (Å²) >= 11 is 1.05. The summed E-state index contributed by atoms with van der Waals surface area (Å²) in [6.07, 6.45) is 2.77. The summed E-state index contributed by atoms with van der Waals surface area (Å²) in [5.41, 5.74) is 0.852. The first-order valence-electron chi connectivity index (χ1n) is 8.77. The van der Waals surface area contributed by atoms with Crippen molar-refractivity contribution in [2.45, 2.75) is 29.4 Å². The fourth-order valence-corrected chi connectivity index (χ4v) is 4.99. The molecule has 1 saturated heterocycles. The average Bonchev–Trinajstić information content (AvgIpc) is 3.13. The molecule has 1 aliphatic rings. The summed E-state index contributed by atoms with van der Waals surface area (Å²) in [5.74, 6) is -0.906. The van der Waals surface area contributed by atoms with Gasteiger partial charge >= 0.3 is 5.97 Å². The number of benzene rings is 1. The summed E-state index contributed by atoms with van der Waals surface area (Å²) in [6.45, 7) is 0.850. The predicted molar refractivity (Wildman–Crippen MR) is 102 cm³/mol. The second-order valence-corrected chi connectivity index (χ2v) is 9.08. The zero-order valence-corrected chi connectivity index (χ0v) is 17.0. The van der Waals surface area contributed by atoms with Gasteiger partial charge in [-0.2, -0.15) is 4.31 Å². The number of nitrogens with zero attached hydrogens (tertiary/aromatic N) is 2. The van der Waals surface area contributed by atoms with Crippen molar-refractivity contribution in [2.75, 3.05) is 32.5 Å².